The highest BCUT2D eigenvalue weighted by atomic mass is 16.5. The van der Waals surface area contributed by atoms with Gasteiger partial charge in [-0.1, -0.05) is 66.7 Å². The van der Waals surface area contributed by atoms with Gasteiger partial charge in [-0.3, -0.25) is 4.79 Å². The molecule has 3 aromatic carbocycles. The van der Waals surface area contributed by atoms with E-state index in [9.17, 15) is 9.59 Å². The van der Waals surface area contributed by atoms with Gasteiger partial charge in [0.15, 0.2) is 11.5 Å². The van der Waals surface area contributed by atoms with Crippen LogP contribution in [0.2, 0.25) is 0 Å². The Morgan fingerprint density at radius 2 is 1.32 bits per heavy atom. The number of benzene rings is 3. The zero-order valence-electron chi connectivity index (χ0n) is 17.4. The lowest BCUT2D eigenvalue weighted by molar-refractivity contribution is -0.152. The number of methoxy groups -OCH3 is 1. The third-order valence-corrected chi connectivity index (χ3v) is 4.55. The van der Waals surface area contributed by atoms with Crippen LogP contribution in [0.4, 0.5) is 0 Å². The van der Waals surface area contributed by atoms with Crippen molar-refractivity contribution in [2.75, 3.05) is 13.7 Å². The number of esters is 1. The van der Waals surface area contributed by atoms with Crippen molar-refractivity contribution in [1.29, 1.82) is 0 Å². The number of amides is 1. The van der Waals surface area contributed by atoms with Crippen LogP contribution in [0, 0.1) is 0 Å². The first kappa shape index (κ1) is 21.9. The van der Waals surface area contributed by atoms with Crippen LogP contribution >= 0.6 is 0 Å². The molecule has 0 bridgehead atoms. The van der Waals surface area contributed by atoms with Gasteiger partial charge in [0.1, 0.15) is 13.2 Å². The second-order valence-corrected chi connectivity index (χ2v) is 6.83. The molecule has 31 heavy (non-hydrogen) atoms. The Kier molecular flexibility index (Phi) is 8.05. The number of rotatable bonds is 9. The molecule has 0 fully saturated rings. The van der Waals surface area contributed by atoms with Gasteiger partial charge in [0.25, 0.3) is 0 Å². The summed E-state index contributed by atoms with van der Waals surface area (Å²) in [7, 11) is 1.17. The molecule has 0 radical (unpaired) electrons. The SMILES string of the molecule is COC(=O)C(=O)NCCc1ccc(OCc2ccccc2)c(OCc2ccccc2)c1. The molecule has 3 rings (SSSR count). The highest BCUT2D eigenvalue weighted by Crippen LogP contribution is 2.30. The molecule has 0 atom stereocenters. The second kappa shape index (κ2) is 11.4. The van der Waals surface area contributed by atoms with E-state index in [0.717, 1.165) is 16.7 Å². The third kappa shape index (κ3) is 6.89. The van der Waals surface area contributed by atoms with E-state index in [0.29, 0.717) is 37.7 Å². The van der Waals surface area contributed by atoms with Crippen LogP contribution in [-0.2, 0) is 34.0 Å². The van der Waals surface area contributed by atoms with Gasteiger partial charge in [-0.2, -0.15) is 0 Å². The van der Waals surface area contributed by atoms with E-state index in [1.165, 1.54) is 7.11 Å². The summed E-state index contributed by atoms with van der Waals surface area (Å²) in [5.74, 6) is -0.402. The topological polar surface area (TPSA) is 73.9 Å². The molecular formula is C25H25NO5. The fraction of sp³-hybridized carbons (Fsp3) is 0.200. The van der Waals surface area contributed by atoms with Crippen molar-refractivity contribution in [2.24, 2.45) is 0 Å². The number of carbonyl (C=O) groups is 2. The molecule has 0 aliphatic rings. The minimum absolute atomic E-state index is 0.302. The van der Waals surface area contributed by atoms with Crippen LogP contribution in [0.3, 0.4) is 0 Å². The minimum atomic E-state index is -0.906. The van der Waals surface area contributed by atoms with Crippen LogP contribution < -0.4 is 14.8 Å². The van der Waals surface area contributed by atoms with Crippen LogP contribution in [0.25, 0.3) is 0 Å². The molecule has 6 nitrogen and oxygen atoms in total. The summed E-state index contributed by atoms with van der Waals surface area (Å²) < 4.78 is 16.4. The molecule has 0 heterocycles. The maximum atomic E-state index is 11.5. The van der Waals surface area contributed by atoms with Gasteiger partial charge >= 0.3 is 11.9 Å². The molecule has 0 saturated carbocycles. The van der Waals surface area contributed by atoms with Crippen molar-refractivity contribution < 1.29 is 23.8 Å². The number of nitrogens with one attached hydrogen (secondary N) is 1. The maximum Gasteiger partial charge on any atom is 0.396 e. The standard InChI is InChI=1S/C25H25NO5/c1-29-25(28)24(27)26-15-14-19-12-13-22(30-17-20-8-4-2-5-9-20)23(16-19)31-18-21-10-6-3-7-11-21/h2-13,16H,14-15,17-18H2,1H3,(H,26,27). The largest absolute Gasteiger partial charge is 0.485 e. The molecule has 160 valence electrons. The predicted octanol–water partition coefficient (Wildman–Crippen LogP) is 3.68. The van der Waals surface area contributed by atoms with Crippen molar-refractivity contribution in [3.8, 4) is 11.5 Å². The first-order valence-electron chi connectivity index (χ1n) is 9.98. The molecule has 1 amide bonds. The zero-order valence-corrected chi connectivity index (χ0v) is 17.4. The summed E-state index contributed by atoms with van der Waals surface area (Å²) >= 11 is 0. The molecule has 0 aliphatic heterocycles. The molecule has 0 aromatic heterocycles. The number of hydrogen-bond donors (Lipinski definition) is 1. The monoisotopic (exact) mass is 419 g/mol. The third-order valence-electron chi connectivity index (χ3n) is 4.55. The molecule has 0 aliphatic carbocycles. The van der Waals surface area contributed by atoms with Gasteiger partial charge < -0.3 is 19.5 Å². The maximum absolute atomic E-state index is 11.5. The fourth-order valence-electron chi connectivity index (χ4n) is 2.90. The van der Waals surface area contributed by atoms with E-state index in [1.807, 2.05) is 78.9 Å². The Balaban J connectivity index is 1.67. The molecule has 6 heteroatoms. The van der Waals surface area contributed by atoms with Crippen LogP contribution in [-0.4, -0.2) is 25.5 Å². The normalized spacial score (nSPS) is 10.2. The highest BCUT2D eigenvalue weighted by Gasteiger charge is 2.13. The Bertz CT molecular complexity index is 989. The molecule has 3 aromatic rings. The second-order valence-electron chi connectivity index (χ2n) is 6.83. The van der Waals surface area contributed by atoms with Gasteiger partial charge in [0.05, 0.1) is 7.11 Å². The van der Waals surface area contributed by atoms with Gasteiger partial charge in [0, 0.05) is 6.54 Å². The van der Waals surface area contributed by atoms with E-state index in [4.69, 9.17) is 9.47 Å². The Labute approximate surface area is 181 Å². The minimum Gasteiger partial charge on any atom is -0.485 e. The lowest BCUT2D eigenvalue weighted by Crippen LogP contribution is -2.33. The number of ether oxygens (including phenoxy) is 3. The molecule has 0 saturated heterocycles. The van der Waals surface area contributed by atoms with Gasteiger partial charge in [-0.05, 0) is 35.2 Å². The smallest absolute Gasteiger partial charge is 0.396 e. The fourth-order valence-corrected chi connectivity index (χ4v) is 2.90. The number of carbonyl (C=O) groups excluding carboxylic acids is 2. The molecule has 0 unspecified atom stereocenters. The molecular weight excluding hydrogens is 394 g/mol. The predicted molar refractivity (Wildman–Crippen MR) is 117 cm³/mol. The molecule has 1 N–H and O–H groups in total. The van der Waals surface area contributed by atoms with E-state index >= 15 is 0 Å². The lowest BCUT2D eigenvalue weighted by Gasteiger charge is -2.15. The Morgan fingerprint density at radius 1 is 0.742 bits per heavy atom. The summed E-state index contributed by atoms with van der Waals surface area (Å²) in [6.07, 6.45) is 0.531. The van der Waals surface area contributed by atoms with Crippen LogP contribution in [0.15, 0.2) is 78.9 Å². The lowest BCUT2D eigenvalue weighted by atomic mass is 10.1. The first-order valence-corrected chi connectivity index (χ1v) is 9.98. The summed E-state index contributed by atoms with van der Waals surface area (Å²) in [6, 6.07) is 25.5. The zero-order chi connectivity index (χ0) is 21.9. The number of hydrogen-bond acceptors (Lipinski definition) is 5. The van der Waals surface area contributed by atoms with Gasteiger partial charge in [-0.15, -0.1) is 0 Å². The van der Waals surface area contributed by atoms with Gasteiger partial charge in [0.2, 0.25) is 0 Å². The summed E-state index contributed by atoms with van der Waals surface area (Å²) in [4.78, 5) is 22.7. The van der Waals surface area contributed by atoms with Crippen LogP contribution in [0.1, 0.15) is 16.7 Å². The van der Waals surface area contributed by atoms with Crippen molar-refractivity contribution in [3.63, 3.8) is 0 Å². The average molecular weight is 419 g/mol. The van der Waals surface area contributed by atoms with Crippen molar-refractivity contribution >= 4 is 11.9 Å². The summed E-state index contributed by atoms with van der Waals surface area (Å²) in [6.45, 7) is 1.14. The van der Waals surface area contributed by atoms with E-state index in [1.54, 1.807) is 0 Å². The van der Waals surface area contributed by atoms with Crippen LogP contribution in [0.5, 0.6) is 11.5 Å². The summed E-state index contributed by atoms with van der Waals surface area (Å²) in [5.41, 5.74) is 3.05. The van der Waals surface area contributed by atoms with E-state index in [-0.39, 0.29) is 0 Å². The Morgan fingerprint density at radius 3 is 1.90 bits per heavy atom. The average Bonchev–Trinajstić information content (AvgIpc) is 2.82. The van der Waals surface area contributed by atoms with E-state index in [2.05, 4.69) is 10.1 Å². The first-order chi connectivity index (χ1) is 15.2. The van der Waals surface area contributed by atoms with Crippen molar-refractivity contribution in [1.82, 2.24) is 5.32 Å². The highest BCUT2D eigenvalue weighted by molar-refractivity contribution is 6.32. The van der Waals surface area contributed by atoms with Crippen molar-refractivity contribution in [2.45, 2.75) is 19.6 Å². The quantitative estimate of drug-likeness (QED) is 0.423. The van der Waals surface area contributed by atoms with Crippen molar-refractivity contribution in [3.05, 3.63) is 95.6 Å². The van der Waals surface area contributed by atoms with E-state index < -0.39 is 11.9 Å². The van der Waals surface area contributed by atoms with Gasteiger partial charge in [-0.25, -0.2) is 4.79 Å². The summed E-state index contributed by atoms with van der Waals surface area (Å²) in [5, 5.41) is 2.53. The Hall–Kier alpha value is -3.80. The molecule has 0 spiro atoms.